The fourth-order valence-corrected chi connectivity index (χ4v) is 3.29. The van der Waals surface area contributed by atoms with Gasteiger partial charge in [-0.3, -0.25) is 4.72 Å². The number of methoxy groups -OCH3 is 1. The van der Waals surface area contributed by atoms with Gasteiger partial charge >= 0.3 is 0 Å². The number of aromatic nitrogens is 1. The van der Waals surface area contributed by atoms with E-state index in [0.29, 0.717) is 16.0 Å². The van der Waals surface area contributed by atoms with Gasteiger partial charge in [0.25, 0.3) is 10.0 Å². The van der Waals surface area contributed by atoms with Crippen LogP contribution >= 0.6 is 15.9 Å². The first-order valence-corrected chi connectivity index (χ1v) is 8.40. The van der Waals surface area contributed by atoms with E-state index >= 15 is 0 Å². The van der Waals surface area contributed by atoms with E-state index in [1.807, 2.05) is 13.8 Å². The van der Waals surface area contributed by atoms with Crippen molar-refractivity contribution in [1.82, 2.24) is 4.98 Å². The highest BCUT2D eigenvalue weighted by atomic mass is 79.9. The summed E-state index contributed by atoms with van der Waals surface area (Å²) in [6.45, 7) is 3.76. The zero-order chi connectivity index (χ0) is 15.6. The highest BCUT2D eigenvalue weighted by Gasteiger charge is 2.20. The van der Waals surface area contributed by atoms with Crippen LogP contribution in [0.15, 0.2) is 40.0 Å². The van der Waals surface area contributed by atoms with Crippen molar-refractivity contribution in [2.45, 2.75) is 18.7 Å². The van der Waals surface area contributed by atoms with Crippen LogP contribution in [0.5, 0.6) is 5.75 Å². The number of nitrogens with zero attached hydrogens (tertiary/aromatic N) is 1. The van der Waals surface area contributed by atoms with Gasteiger partial charge in [0.1, 0.15) is 15.2 Å². The number of ether oxygens (including phenoxy) is 1. The Morgan fingerprint density at radius 2 is 1.86 bits per heavy atom. The van der Waals surface area contributed by atoms with Crippen LogP contribution in [0.25, 0.3) is 0 Å². The molecule has 0 unspecified atom stereocenters. The van der Waals surface area contributed by atoms with E-state index in [-0.39, 0.29) is 4.90 Å². The van der Waals surface area contributed by atoms with Crippen LogP contribution in [-0.2, 0) is 10.0 Å². The average molecular weight is 371 g/mol. The highest BCUT2D eigenvalue weighted by Crippen LogP contribution is 2.28. The Bertz CT molecular complexity index is 759. The van der Waals surface area contributed by atoms with Crippen molar-refractivity contribution >= 4 is 31.6 Å². The molecule has 21 heavy (non-hydrogen) atoms. The van der Waals surface area contributed by atoms with Crippen molar-refractivity contribution in [3.8, 4) is 5.75 Å². The molecule has 2 aromatic rings. The Morgan fingerprint density at radius 3 is 2.43 bits per heavy atom. The van der Waals surface area contributed by atoms with E-state index in [1.54, 1.807) is 24.3 Å². The fraction of sp³-hybridized carbons (Fsp3) is 0.214. The van der Waals surface area contributed by atoms with Crippen molar-refractivity contribution in [3.05, 3.63) is 46.2 Å². The number of hydrogen-bond acceptors (Lipinski definition) is 4. The summed E-state index contributed by atoms with van der Waals surface area (Å²) in [6, 6.07) is 6.60. The van der Waals surface area contributed by atoms with Gasteiger partial charge in [-0.15, -0.1) is 0 Å². The molecule has 0 aliphatic rings. The Hall–Kier alpha value is -1.60. The molecule has 0 spiro atoms. The molecule has 7 heteroatoms. The van der Waals surface area contributed by atoms with Crippen molar-refractivity contribution in [1.29, 1.82) is 0 Å². The monoisotopic (exact) mass is 370 g/mol. The summed E-state index contributed by atoms with van der Waals surface area (Å²) in [6.07, 6.45) is 1.44. The molecule has 1 heterocycles. The Labute approximate surface area is 132 Å². The fourth-order valence-electron chi connectivity index (χ4n) is 1.78. The minimum absolute atomic E-state index is 0.107. The number of aryl methyl sites for hydroxylation is 2. The van der Waals surface area contributed by atoms with Crippen LogP contribution in [0.4, 0.5) is 5.69 Å². The molecule has 2 rings (SSSR count). The summed E-state index contributed by atoms with van der Waals surface area (Å²) < 4.78 is 33.3. The first-order chi connectivity index (χ1) is 9.83. The maximum atomic E-state index is 12.5. The lowest BCUT2D eigenvalue weighted by atomic mass is 10.1. The molecular formula is C14H15BrN2O3S. The SMILES string of the molecule is COc1cc(C)c(C)cc1S(=O)(=O)Nc1ccc(Br)nc1. The molecular weight excluding hydrogens is 356 g/mol. The van der Waals surface area contributed by atoms with Crippen LogP contribution in [0.3, 0.4) is 0 Å². The Morgan fingerprint density at radius 1 is 1.19 bits per heavy atom. The number of halogens is 1. The number of benzene rings is 1. The highest BCUT2D eigenvalue weighted by molar-refractivity contribution is 9.10. The second-order valence-corrected chi connectivity index (χ2v) is 7.03. The quantitative estimate of drug-likeness (QED) is 0.838. The second kappa shape index (κ2) is 6.03. The number of sulfonamides is 1. The lowest BCUT2D eigenvalue weighted by Crippen LogP contribution is -2.14. The van der Waals surface area contributed by atoms with Crippen LogP contribution < -0.4 is 9.46 Å². The standard InChI is InChI=1S/C14H15BrN2O3S/c1-9-6-12(20-3)13(7-10(9)2)21(18,19)17-11-4-5-14(15)16-8-11/h4-8,17H,1-3H3. The van der Waals surface area contributed by atoms with E-state index < -0.39 is 10.0 Å². The predicted octanol–water partition coefficient (Wildman–Crippen LogP) is 3.27. The zero-order valence-electron chi connectivity index (χ0n) is 11.8. The number of rotatable bonds is 4. The van der Waals surface area contributed by atoms with Gasteiger partial charge in [0.15, 0.2) is 0 Å². The number of pyridine rings is 1. The van der Waals surface area contributed by atoms with Gasteiger partial charge in [-0.25, -0.2) is 13.4 Å². The third-order valence-electron chi connectivity index (χ3n) is 3.05. The zero-order valence-corrected chi connectivity index (χ0v) is 14.2. The number of anilines is 1. The minimum Gasteiger partial charge on any atom is -0.495 e. The summed E-state index contributed by atoms with van der Waals surface area (Å²) in [4.78, 5) is 4.10. The van der Waals surface area contributed by atoms with E-state index in [1.165, 1.54) is 13.3 Å². The number of nitrogens with one attached hydrogen (secondary N) is 1. The summed E-state index contributed by atoms with van der Waals surface area (Å²) in [7, 11) is -2.29. The maximum Gasteiger partial charge on any atom is 0.265 e. The van der Waals surface area contributed by atoms with E-state index in [2.05, 4.69) is 25.6 Å². The van der Waals surface area contributed by atoms with Gasteiger partial charge < -0.3 is 4.74 Å². The van der Waals surface area contributed by atoms with Crippen molar-refractivity contribution in [2.75, 3.05) is 11.8 Å². The Balaban J connectivity index is 2.44. The van der Waals surface area contributed by atoms with Gasteiger partial charge in [0.2, 0.25) is 0 Å². The summed E-state index contributed by atoms with van der Waals surface area (Å²) in [5, 5.41) is 0. The lowest BCUT2D eigenvalue weighted by Gasteiger charge is -2.13. The van der Waals surface area contributed by atoms with E-state index in [9.17, 15) is 8.42 Å². The van der Waals surface area contributed by atoms with Gasteiger partial charge in [-0.1, -0.05) is 0 Å². The minimum atomic E-state index is -3.74. The van der Waals surface area contributed by atoms with Crippen molar-refractivity contribution < 1.29 is 13.2 Å². The van der Waals surface area contributed by atoms with Crippen LogP contribution in [0.1, 0.15) is 11.1 Å². The molecule has 0 atom stereocenters. The molecule has 0 amide bonds. The predicted molar refractivity (Wildman–Crippen MR) is 85.2 cm³/mol. The largest absolute Gasteiger partial charge is 0.495 e. The van der Waals surface area contributed by atoms with Crippen LogP contribution in [-0.4, -0.2) is 20.5 Å². The maximum absolute atomic E-state index is 12.5. The second-order valence-electron chi connectivity index (χ2n) is 4.56. The molecule has 0 fully saturated rings. The molecule has 112 valence electrons. The van der Waals surface area contributed by atoms with Crippen molar-refractivity contribution in [3.63, 3.8) is 0 Å². The molecule has 0 saturated heterocycles. The molecule has 0 aliphatic carbocycles. The molecule has 0 radical (unpaired) electrons. The molecule has 0 bridgehead atoms. The molecule has 1 aromatic heterocycles. The summed E-state index contributed by atoms with van der Waals surface area (Å²) in [5.74, 6) is 0.315. The lowest BCUT2D eigenvalue weighted by molar-refractivity contribution is 0.402. The molecule has 0 saturated carbocycles. The Kier molecular flexibility index (Phi) is 4.53. The first-order valence-electron chi connectivity index (χ1n) is 6.13. The van der Waals surface area contributed by atoms with Gasteiger partial charge in [0.05, 0.1) is 19.0 Å². The molecule has 1 N–H and O–H groups in total. The third kappa shape index (κ3) is 3.54. The summed E-state index contributed by atoms with van der Waals surface area (Å²) in [5.41, 5.74) is 2.24. The smallest absolute Gasteiger partial charge is 0.265 e. The first kappa shape index (κ1) is 15.8. The van der Waals surface area contributed by atoms with E-state index in [4.69, 9.17) is 4.74 Å². The van der Waals surface area contributed by atoms with Gasteiger partial charge in [-0.05, 0) is 65.2 Å². The van der Waals surface area contributed by atoms with Crippen LogP contribution in [0.2, 0.25) is 0 Å². The van der Waals surface area contributed by atoms with Crippen LogP contribution in [0, 0.1) is 13.8 Å². The van der Waals surface area contributed by atoms with Gasteiger partial charge in [0, 0.05) is 0 Å². The van der Waals surface area contributed by atoms with Gasteiger partial charge in [-0.2, -0.15) is 0 Å². The topological polar surface area (TPSA) is 68.3 Å². The average Bonchev–Trinajstić information content (AvgIpc) is 2.43. The molecule has 5 nitrogen and oxygen atoms in total. The van der Waals surface area contributed by atoms with Crippen molar-refractivity contribution in [2.24, 2.45) is 0 Å². The summed E-state index contributed by atoms with van der Waals surface area (Å²) >= 11 is 3.20. The normalized spacial score (nSPS) is 11.2. The van der Waals surface area contributed by atoms with E-state index in [0.717, 1.165) is 11.1 Å². The molecule has 1 aromatic carbocycles. The third-order valence-corrected chi connectivity index (χ3v) is 4.92. The number of hydrogen-bond donors (Lipinski definition) is 1. The molecule has 0 aliphatic heterocycles.